The summed E-state index contributed by atoms with van der Waals surface area (Å²) < 4.78 is 1.78. The Hall–Kier alpha value is -1.60. The first kappa shape index (κ1) is 18.2. The van der Waals surface area contributed by atoms with Crippen LogP contribution in [0.2, 0.25) is 5.15 Å². The van der Waals surface area contributed by atoms with Crippen LogP contribution in [0.1, 0.15) is 16.1 Å². The van der Waals surface area contributed by atoms with E-state index in [-0.39, 0.29) is 18.3 Å². The van der Waals surface area contributed by atoms with Crippen LogP contribution in [-0.2, 0) is 6.54 Å². The minimum absolute atomic E-state index is 0. The molecule has 4 rings (SSSR count). The summed E-state index contributed by atoms with van der Waals surface area (Å²) >= 11 is 7.65. The summed E-state index contributed by atoms with van der Waals surface area (Å²) in [5, 5.41) is 2.20. The van der Waals surface area contributed by atoms with Crippen LogP contribution in [0.3, 0.4) is 0 Å². The monoisotopic (exact) mass is 395 g/mol. The molecule has 2 aromatic heterocycles. The molecule has 1 fully saturated rings. The van der Waals surface area contributed by atoms with Crippen molar-refractivity contribution in [1.29, 1.82) is 0 Å². The largest absolute Gasteiger partial charge is 1.00 e. The van der Waals surface area contributed by atoms with E-state index in [0.717, 1.165) is 24.6 Å². The predicted octanol–water partition coefficient (Wildman–Crippen LogP) is 0.0112. The molecule has 0 saturated carbocycles. The summed E-state index contributed by atoms with van der Waals surface area (Å²) in [4.78, 5) is 22.1. The maximum Gasteiger partial charge on any atom is 0.274 e. The van der Waals surface area contributed by atoms with Crippen molar-refractivity contribution >= 4 is 33.8 Å². The molecule has 1 aliphatic rings. The number of carbonyl (C=O) groups is 1. The van der Waals surface area contributed by atoms with Crippen LogP contribution in [0, 0.1) is 0 Å². The van der Waals surface area contributed by atoms with Crippen molar-refractivity contribution in [2.24, 2.45) is 0 Å². The number of imidazole rings is 1. The van der Waals surface area contributed by atoms with Crippen LogP contribution in [0.4, 0.5) is 0 Å². The highest BCUT2D eigenvalue weighted by molar-refractivity contribution is 7.15. The van der Waals surface area contributed by atoms with Gasteiger partial charge in [0, 0.05) is 44.3 Å². The average molecular weight is 396 g/mol. The highest BCUT2D eigenvalue weighted by Crippen LogP contribution is 2.23. The third kappa shape index (κ3) is 3.67. The zero-order chi connectivity index (χ0) is 16.5. The number of thiazole rings is 1. The lowest BCUT2D eigenvalue weighted by Crippen LogP contribution is -3.00. The summed E-state index contributed by atoms with van der Waals surface area (Å²) in [6.07, 6.45) is 1.85. The Labute approximate surface area is 161 Å². The number of amides is 1. The smallest absolute Gasteiger partial charge is 0.274 e. The highest BCUT2D eigenvalue weighted by atomic mass is 35.5. The molecule has 3 heterocycles. The van der Waals surface area contributed by atoms with Gasteiger partial charge in [-0.2, -0.15) is 0 Å². The lowest BCUT2D eigenvalue weighted by Gasteiger charge is -2.34. The van der Waals surface area contributed by atoms with Gasteiger partial charge in [0.2, 0.25) is 0 Å². The van der Waals surface area contributed by atoms with Gasteiger partial charge < -0.3 is 17.3 Å². The predicted molar refractivity (Wildman–Crippen MR) is 95.7 cm³/mol. The van der Waals surface area contributed by atoms with Crippen LogP contribution < -0.4 is 12.4 Å². The van der Waals surface area contributed by atoms with E-state index in [1.165, 1.54) is 16.9 Å². The third-order valence-electron chi connectivity index (χ3n) is 4.33. The van der Waals surface area contributed by atoms with Crippen molar-refractivity contribution in [2.45, 2.75) is 6.54 Å². The van der Waals surface area contributed by atoms with Gasteiger partial charge >= 0.3 is 0 Å². The Bertz CT molecular complexity index is 856. The van der Waals surface area contributed by atoms with E-state index in [2.05, 4.69) is 34.1 Å². The molecule has 0 radical (unpaired) electrons. The quantitative estimate of drug-likeness (QED) is 0.627. The molecular formula is C17H17Cl2N4OS-. The fourth-order valence-electron chi connectivity index (χ4n) is 3.05. The van der Waals surface area contributed by atoms with Gasteiger partial charge in [-0.3, -0.25) is 14.1 Å². The molecule has 0 bridgehead atoms. The van der Waals surface area contributed by atoms with Gasteiger partial charge in [-0.25, -0.2) is 4.98 Å². The summed E-state index contributed by atoms with van der Waals surface area (Å²) in [6, 6.07) is 10.4. The number of benzene rings is 1. The summed E-state index contributed by atoms with van der Waals surface area (Å²) in [5.74, 6) is -0.0368. The van der Waals surface area contributed by atoms with Gasteiger partial charge in [0.1, 0.15) is 0 Å². The van der Waals surface area contributed by atoms with Crippen molar-refractivity contribution in [3.8, 4) is 0 Å². The van der Waals surface area contributed by atoms with E-state index in [9.17, 15) is 4.79 Å². The Morgan fingerprint density at radius 3 is 2.60 bits per heavy atom. The molecule has 1 aromatic carbocycles. The molecule has 25 heavy (non-hydrogen) atoms. The van der Waals surface area contributed by atoms with Crippen LogP contribution in [0.25, 0.3) is 4.96 Å². The van der Waals surface area contributed by atoms with Gasteiger partial charge in [-0.05, 0) is 5.56 Å². The van der Waals surface area contributed by atoms with Crippen LogP contribution >= 0.6 is 22.9 Å². The molecule has 0 N–H and O–H groups in total. The average Bonchev–Trinajstić information content (AvgIpc) is 3.16. The van der Waals surface area contributed by atoms with Crippen molar-refractivity contribution < 1.29 is 17.2 Å². The minimum Gasteiger partial charge on any atom is -1.00 e. The number of piperazine rings is 1. The molecule has 1 saturated heterocycles. The summed E-state index contributed by atoms with van der Waals surface area (Å²) in [6.45, 7) is 4.07. The Morgan fingerprint density at radius 1 is 1.16 bits per heavy atom. The Morgan fingerprint density at radius 2 is 1.88 bits per heavy atom. The molecule has 0 atom stereocenters. The molecule has 5 nitrogen and oxygen atoms in total. The number of fused-ring (bicyclic) bond motifs is 1. The second kappa shape index (κ2) is 7.74. The minimum atomic E-state index is -0.0368. The van der Waals surface area contributed by atoms with Crippen LogP contribution in [0.15, 0.2) is 41.9 Å². The first-order chi connectivity index (χ1) is 11.7. The van der Waals surface area contributed by atoms with E-state index >= 15 is 0 Å². The van der Waals surface area contributed by atoms with E-state index in [4.69, 9.17) is 11.6 Å². The first-order valence-corrected chi connectivity index (χ1v) is 9.15. The van der Waals surface area contributed by atoms with Gasteiger partial charge in [-0.1, -0.05) is 41.9 Å². The van der Waals surface area contributed by atoms with E-state index in [1.807, 2.05) is 22.5 Å². The van der Waals surface area contributed by atoms with E-state index in [1.54, 1.807) is 4.40 Å². The molecule has 0 spiro atoms. The molecule has 0 aliphatic carbocycles. The first-order valence-electron chi connectivity index (χ1n) is 7.89. The van der Waals surface area contributed by atoms with E-state index < -0.39 is 0 Å². The third-order valence-corrected chi connectivity index (χ3v) is 5.35. The Balaban J connectivity index is 0.00000182. The van der Waals surface area contributed by atoms with Crippen molar-refractivity contribution in [2.75, 3.05) is 26.2 Å². The number of carbonyl (C=O) groups excluding carboxylic acids is 1. The van der Waals surface area contributed by atoms with Crippen molar-refractivity contribution in [3.05, 3.63) is 58.3 Å². The van der Waals surface area contributed by atoms with Gasteiger partial charge in [0.05, 0.1) is 0 Å². The second-order valence-electron chi connectivity index (χ2n) is 5.86. The number of halogens is 2. The summed E-state index contributed by atoms with van der Waals surface area (Å²) in [7, 11) is 0. The Kier molecular flexibility index (Phi) is 5.64. The van der Waals surface area contributed by atoms with E-state index in [0.29, 0.717) is 23.9 Å². The normalized spacial score (nSPS) is 15.3. The lowest BCUT2D eigenvalue weighted by molar-refractivity contribution is -0.0000157. The number of hydrogen-bond acceptors (Lipinski definition) is 4. The standard InChI is InChI=1S/C17H17ClN4OS.ClH/c18-15-14(22-10-11-24-17(22)19-15)16(23)21-8-6-20(7-9-21)12-13-4-2-1-3-5-13;/h1-5,10-11H,6-9,12H2;1H/p-1. The van der Waals surface area contributed by atoms with Gasteiger partial charge in [0.25, 0.3) is 5.91 Å². The zero-order valence-electron chi connectivity index (χ0n) is 13.4. The topological polar surface area (TPSA) is 40.9 Å². The number of hydrogen-bond donors (Lipinski definition) is 0. The van der Waals surface area contributed by atoms with Crippen LogP contribution in [-0.4, -0.2) is 51.3 Å². The second-order valence-corrected chi connectivity index (χ2v) is 7.09. The highest BCUT2D eigenvalue weighted by Gasteiger charge is 2.27. The SMILES string of the molecule is O=C(c1c(Cl)nc2sccn12)N1CCN(Cc2ccccc2)CC1.[Cl-]. The maximum atomic E-state index is 12.8. The number of rotatable bonds is 3. The fourth-order valence-corrected chi connectivity index (χ4v) is 4.07. The molecule has 1 aliphatic heterocycles. The maximum absolute atomic E-state index is 12.8. The molecule has 1 amide bonds. The van der Waals surface area contributed by atoms with Gasteiger partial charge in [-0.15, -0.1) is 11.3 Å². The molecule has 3 aromatic rings. The van der Waals surface area contributed by atoms with Crippen molar-refractivity contribution in [3.63, 3.8) is 0 Å². The number of nitrogens with zero attached hydrogens (tertiary/aromatic N) is 4. The fraction of sp³-hybridized carbons (Fsp3) is 0.294. The van der Waals surface area contributed by atoms with Crippen LogP contribution in [0.5, 0.6) is 0 Å². The van der Waals surface area contributed by atoms with Crippen molar-refractivity contribution in [1.82, 2.24) is 19.2 Å². The number of aromatic nitrogens is 2. The molecule has 8 heteroatoms. The zero-order valence-corrected chi connectivity index (χ0v) is 15.8. The molecule has 132 valence electrons. The van der Waals surface area contributed by atoms with Gasteiger partial charge in [0.15, 0.2) is 15.8 Å². The summed E-state index contributed by atoms with van der Waals surface area (Å²) in [5.41, 5.74) is 1.78. The molecule has 0 unspecified atom stereocenters. The molecular weight excluding hydrogens is 379 g/mol. The lowest BCUT2D eigenvalue weighted by atomic mass is 10.2.